The monoisotopic (exact) mass is 1010 g/mol. The highest BCUT2D eigenvalue weighted by atomic mass is 32.2. The minimum atomic E-state index is -1.06. The number of rotatable bonds is 12. The first-order valence-corrected chi connectivity index (χ1v) is 25.9. The highest BCUT2D eigenvalue weighted by Gasteiger charge is 2.54. The Kier molecular flexibility index (Phi) is 20.7. The molecule has 0 bridgehead atoms. The highest BCUT2D eigenvalue weighted by Crippen LogP contribution is 2.44. The van der Waals surface area contributed by atoms with E-state index in [0.29, 0.717) is 23.5 Å². The van der Waals surface area contributed by atoms with Crippen LogP contribution in [0.5, 0.6) is 0 Å². The molecule has 10 atom stereocenters. The van der Waals surface area contributed by atoms with Crippen LogP contribution in [0.25, 0.3) is 0 Å². The Labute approximate surface area is 424 Å². The summed E-state index contributed by atoms with van der Waals surface area (Å²) in [7, 11) is 0. The smallest absolute Gasteiger partial charge is 0.416 e. The number of hydrogen-bond donors (Lipinski definition) is 1. The maximum Gasteiger partial charge on any atom is 0.416 e. The number of ether oxygens (including phenoxy) is 7. The second kappa shape index (κ2) is 25.5. The van der Waals surface area contributed by atoms with Gasteiger partial charge in [0, 0.05) is 38.1 Å². The summed E-state index contributed by atoms with van der Waals surface area (Å²) in [5.74, 6) is -0.350. The van der Waals surface area contributed by atoms with E-state index in [0.717, 1.165) is 24.3 Å². The number of hydrogen-bond acceptors (Lipinski definition) is 15. The molecule has 0 radical (unpaired) electrons. The Morgan fingerprint density at radius 1 is 0.700 bits per heavy atom. The molecular weight excluding hydrogens is 933 g/mol. The third-order valence-corrected chi connectivity index (χ3v) is 13.9. The molecule has 2 amide bonds. The molecule has 7 rings (SSSR count). The van der Waals surface area contributed by atoms with Crippen LogP contribution in [-0.4, -0.2) is 134 Å². The minimum absolute atomic E-state index is 0.0478. The lowest BCUT2D eigenvalue weighted by Gasteiger charge is -2.45. The molecule has 2 aromatic rings. The first-order valence-electron chi connectivity index (χ1n) is 24.2. The SMILES string of the molecule is C1CCOC1.C=CCN(C(=O)OC(C)(C)C)C1=N[C@@H]2[C@@H](OCc3ccccc3)[C@H](C)[C@@H](C(C)(C)O)O[C@@H]2S1.C=CCN(C(=O)OC(C)(C)C)C1=N[C@@H]2[C@@H](OCc3ccccc3)[C@H](C)[C@@H](C(C)=O)O[C@@H]2S1. The molecule has 5 aliphatic heterocycles. The number of benzene rings is 2. The van der Waals surface area contributed by atoms with Crippen molar-refractivity contribution in [2.75, 3.05) is 26.3 Å². The summed E-state index contributed by atoms with van der Waals surface area (Å²) in [6.07, 6.45) is 3.17. The molecule has 0 aliphatic carbocycles. The molecule has 17 heteroatoms. The second-order valence-electron chi connectivity index (χ2n) is 20.5. The van der Waals surface area contributed by atoms with Crippen molar-refractivity contribution in [1.29, 1.82) is 0 Å². The minimum Gasteiger partial charge on any atom is -0.443 e. The number of amidine groups is 2. The standard InChI is InChI=1S/C25H36N2O5S.C24H32N2O5S.C4H8O/c1-8-14-27(23(28)32-24(3,4)5)22-26-18-19(30-15-17-12-10-9-11-13-17)16(2)20(25(6,7)29)31-21(18)33-22;1-7-13-26(23(28)31-24(4,5)6)22-25-18-20(29-14-17-11-9-8-10-12-17)15(2)19(16(3)27)30-21(18)32-22;1-2-4-5-3-1/h8-13,16,18-21,29H,1,14-15H2,2-7H3;7-12,15,18-21H,1,13-14H2,2-6H3;1-4H2/t16-,18+,19-,20-,21+;15-,18-,19+,20+,21-;/m01./s1. The number of thioether (sulfide) groups is 2. The van der Waals surface area contributed by atoms with Gasteiger partial charge in [-0.1, -0.05) is 110 Å². The molecule has 0 spiro atoms. The highest BCUT2D eigenvalue weighted by molar-refractivity contribution is 8.14. The summed E-state index contributed by atoms with van der Waals surface area (Å²) in [4.78, 5) is 50.6. The lowest BCUT2D eigenvalue weighted by atomic mass is 9.82. The second-order valence-corrected chi connectivity index (χ2v) is 22.6. The molecule has 70 heavy (non-hydrogen) atoms. The zero-order chi connectivity index (χ0) is 51.4. The average Bonchev–Trinajstić information content (AvgIpc) is 4.09. The predicted molar refractivity (Wildman–Crippen MR) is 277 cm³/mol. The van der Waals surface area contributed by atoms with E-state index in [-0.39, 0.29) is 60.4 Å². The van der Waals surface area contributed by atoms with Crippen molar-refractivity contribution in [3.63, 3.8) is 0 Å². The molecule has 5 aliphatic rings. The quantitative estimate of drug-likeness (QED) is 0.200. The molecule has 3 fully saturated rings. The number of carbonyl (C=O) groups is 3. The number of aliphatic hydroxyl groups is 1. The fraction of sp³-hybridized carbons (Fsp3) is 0.604. The van der Waals surface area contributed by atoms with E-state index < -0.39 is 46.6 Å². The van der Waals surface area contributed by atoms with E-state index in [9.17, 15) is 19.5 Å². The van der Waals surface area contributed by atoms with E-state index in [1.165, 1.54) is 53.1 Å². The molecular formula is C53H76N4O11S2. The fourth-order valence-electron chi connectivity index (χ4n) is 8.40. The van der Waals surface area contributed by atoms with E-state index >= 15 is 0 Å². The van der Waals surface area contributed by atoms with Crippen molar-refractivity contribution in [2.45, 2.75) is 166 Å². The van der Waals surface area contributed by atoms with Crippen molar-refractivity contribution in [3.8, 4) is 0 Å². The number of ketones is 1. The maximum absolute atomic E-state index is 12.9. The van der Waals surface area contributed by atoms with Crippen LogP contribution in [0.1, 0.15) is 100 Å². The number of aliphatic imine (C=N–C) groups is 2. The van der Waals surface area contributed by atoms with Crippen LogP contribution in [0.4, 0.5) is 9.59 Å². The molecule has 386 valence electrons. The van der Waals surface area contributed by atoms with Crippen LogP contribution in [0.15, 0.2) is 96.0 Å². The van der Waals surface area contributed by atoms with E-state index in [1.807, 2.05) is 116 Å². The summed E-state index contributed by atoms with van der Waals surface area (Å²) < 4.78 is 41.2. The molecule has 2 aromatic carbocycles. The van der Waals surface area contributed by atoms with Crippen LogP contribution in [0, 0.1) is 11.8 Å². The van der Waals surface area contributed by atoms with Crippen molar-refractivity contribution >= 4 is 51.8 Å². The summed E-state index contributed by atoms with van der Waals surface area (Å²) in [5.41, 5.74) is -1.05. The molecule has 1 N–H and O–H groups in total. The fourth-order valence-corrected chi connectivity index (χ4v) is 10.8. The molecule has 0 unspecified atom stereocenters. The van der Waals surface area contributed by atoms with E-state index in [1.54, 1.807) is 26.0 Å². The first kappa shape index (κ1) is 56.8. The zero-order valence-corrected chi connectivity index (χ0v) is 44.5. The van der Waals surface area contributed by atoms with Gasteiger partial charge in [0.2, 0.25) is 0 Å². The molecule has 0 aromatic heterocycles. The summed E-state index contributed by atoms with van der Waals surface area (Å²) in [5, 5.41) is 11.8. The van der Waals surface area contributed by atoms with Gasteiger partial charge in [-0.05, 0) is 86.3 Å². The van der Waals surface area contributed by atoms with Crippen LogP contribution in [-0.2, 0) is 51.2 Å². The molecule has 0 saturated carbocycles. The van der Waals surface area contributed by atoms with Crippen LogP contribution < -0.4 is 0 Å². The maximum atomic E-state index is 12.9. The molecule has 5 heterocycles. The van der Waals surface area contributed by atoms with Gasteiger partial charge in [-0.3, -0.25) is 24.6 Å². The van der Waals surface area contributed by atoms with Gasteiger partial charge in [0.15, 0.2) is 16.1 Å². The van der Waals surface area contributed by atoms with E-state index in [2.05, 4.69) is 13.2 Å². The summed E-state index contributed by atoms with van der Waals surface area (Å²) >= 11 is 2.68. The van der Waals surface area contributed by atoms with Gasteiger partial charge < -0.3 is 38.3 Å². The topological polar surface area (TPSA) is 167 Å². The predicted octanol–water partition coefficient (Wildman–Crippen LogP) is 9.81. The van der Waals surface area contributed by atoms with E-state index in [4.69, 9.17) is 43.1 Å². The zero-order valence-electron chi connectivity index (χ0n) is 42.9. The van der Waals surface area contributed by atoms with Crippen molar-refractivity contribution in [2.24, 2.45) is 21.8 Å². The lowest BCUT2D eigenvalue weighted by Crippen LogP contribution is -2.57. The summed E-state index contributed by atoms with van der Waals surface area (Å²) in [6, 6.07) is 19.2. The van der Waals surface area contributed by atoms with Crippen LogP contribution in [0.2, 0.25) is 0 Å². The third kappa shape index (κ3) is 16.2. The van der Waals surface area contributed by atoms with Crippen molar-refractivity contribution in [1.82, 2.24) is 9.80 Å². The van der Waals surface area contributed by atoms with Gasteiger partial charge in [-0.15, -0.1) is 13.2 Å². The number of amides is 2. The van der Waals surface area contributed by atoms with Gasteiger partial charge in [-0.25, -0.2) is 9.59 Å². The Morgan fingerprint density at radius 2 is 1.11 bits per heavy atom. The lowest BCUT2D eigenvalue weighted by molar-refractivity contribution is -0.192. The van der Waals surface area contributed by atoms with Gasteiger partial charge in [-0.2, -0.15) is 0 Å². The van der Waals surface area contributed by atoms with Gasteiger partial charge in [0.05, 0.1) is 37.1 Å². The number of fused-ring (bicyclic) bond motifs is 2. The van der Waals surface area contributed by atoms with Gasteiger partial charge in [0.25, 0.3) is 0 Å². The number of carbonyl (C=O) groups excluding carboxylic acids is 3. The Bertz CT molecular complexity index is 2090. The average molecular weight is 1010 g/mol. The van der Waals surface area contributed by atoms with Crippen molar-refractivity contribution in [3.05, 3.63) is 97.1 Å². The molecule has 3 saturated heterocycles. The number of nitrogens with zero attached hydrogens (tertiary/aromatic N) is 4. The third-order valence-electron chi connectivity index (χ3n) is 11.6. The van der Waals surface area contributed by atoms with Crippen molar-refractivity contribution < 1.29 is 52.6 Å². The van der Waals surface area contributed by atoms with Crippen LogP contribution >= 0.6 is 23.5 Å². The van der Waals surface area contributed by atoms with Crippen LogP contribution in [0.3, 0.4) is 0 Å². The van der Waals surface area contributed by atoms with Gasteiger partial charge >= 0.3 is 12.2 Å². The Morgan fingerprint density at radius 3 is 1.47 bits per heavy atom. The normalized spacial score (nSPS) is 27.1. The Hall–Kier alpha value is -4.07. The first-order chi connectivity index (χ1) is 33.0. The largest absolute Gasteiger partial charge is 0.443 e. The number of Topliss-reactive ketones (excluding diaryl/α,β-unsaturated/α-hetero) is 1. The van der Waals surface area contributed by atoms with Gasteiger partial charge in [0.1, 0.15) is 40.3 Å². The molecule has 15 nitrogen and oxygen atoms in total. The summed E-state index contributed by atoms with van der Waals surface area (Å²) in [6.45, 7) is 30.8. The Balaban J connectivity index is 0.000000237.